The summed E-state index contributed by atoms with van der Waals surface area (Å²) in [6.07, 6.45) is 2.84. The Bertz CT molecular complexity index is 428. The number of rotatable bonds is 7. The van der Waals surface area contributed by atoms with Crippen molar-refractivity contribution in [2.45, 2.75) is 25.3 Å². The molecule has 5 heteroatoms. The third-order valence-electron chi connectivity index (χ3n) is 3.55. The van der Waals surface area contributed by atoms with Crippen LogP contribution in [0.4, 0.5) is 0 Å². The zero-order valence-corrected chi connectivity index (χ0v) is 12.6. The van der Waals surface area contributed by atoms with Crippen LogP contribution in [0.1, 0.15) is 29.6 Å². The van der Waals surface area contributed by atoms with Gasteiger partial charge >= 0.3 is 0 Å². The van der Waals surface area contributed by atoms with Crippen LogP contribution in [0.3, 0.4) is 0 Å². The summed E-state index contributed by atoms with van der Waals surface area (Å²) in [5, 5.41) is 6.37. The zero-order valence-electron chi connectivity index (χ0n) is 12.6. The molecule has 1 aromatic rings. The summed E-state index contributed by atoms with van der Waals surface area (Å²) in [5.41, 5.74) is 0.678. The molecule has 0 unspecified atom stereocenters. The third-order valence-corrected chi connectivity index (χ3v) is 3.55. The molecule has 5 nitrogen and oxygen atoms in total. The number of hydrogen-bond donors (Lipinski definition) is 2. The minimum absolute atomic E-state index is 0.00664. The molecule has 1 saturated heterocycles. The number of carbonyl (C=O) groups is 1. The van der Waals surface area contributed by atoms with E-state index in [4.69, 9.17) is 9.47 Å². The number of carbonyl (C=O) groups excluding carboxylic acids is 1. The van der Waals surface area contributed by atoms with E-state index in [0.717, 1.165) is 38.1 Å². The summed E-state index contributed by atoms with van der Waals surface area (Å²) < 4.78 is 10.5. The lowest BCUT2D eigenvalue weighted by atomic mass is 10.1. The highest BCUT2D eigenvalue weighted by atomic mass is 16.5. The molecule has 1 aliphatic rings. The van der Waals surface area contributed by atoms with Crippen molar-refractivity contribution in [3.05, 3.63) is 29.8 Å². The lowest BCUT2D eigenvalue weighted by Crippen LogP contribution is -2.42. The summed E-state index contributed by atoms with van der Waals surface area (Å²) in [7, 11) is 1.68. The Morgan fingerprint density at radius 3 is 2.62 bits per heavy atom. The fourth-order valence-electron chi connectivity index (χ4n) is 2.33. The molecular formula is C16H24N2O3. The molecular weight excluding hydrogens is 268 g/mol. The Morgan fingerprint density at radius 2 is 1.95 bits per heavy atom. The first kappa shape index (κ1) is 15.8. The number of benzene rings is 1. The Morgan fingerprint density at radius 1 is 1.24 bits per heavy atom. The summed E-state index contributed by atoms with van der Waals surface area (Å²) in [4.78, 5) is 12.1. The highest BCUT2D eigenvalue weighted by molar-refractivity contribution is 5.94. The minimum atomic E-state index is -0.00664. The molecule has 0 radical (unpaired) electrons. The van der Waals surface area contributed by atoms with Crippen LogP contribution in [-0.4, -0.2) is 45.4 Å². The predicted octanol–water partition coefficient (Wildman–Crippen LogP) is 1.58. The van der Waals surface area contributed by atoms with Crippen molar-refractivity contribution < 1.29 is 14.3 Å². The Balaban J connectivity index is 1.78. The summed E-state index contributed by atoms with van der Waals surface area (Å²) in [6.45, 7) is 3.25. The van der Waals surface area contributed by atoms with E-state index in [0.29, 0.717) is 18.8 Å². The molecule has 0 atom stereocenters. The molecule has 0 saturated carbocycles. The van der Waals surface area contributed by atoms with Gasteiger partial charge in [-0.05, 0) is 50.2 Å². The molecule has 1 aromatic carbocycles. The molecule has 21 heavy (non-hydrogen) atoms. The van der Waals surface area contributed by atoms with Crippen LogP contribution in [0.15, 0.2) is 24.3 Å². The van der Waals surface area contributed by atoms with Crippen molar-refractivity contribution in [2.24, 2.45) is 0 Å². The maximum absolute atomic E-state index is 12.1. The van der Waals surface area contributed by atoms with E-state index in [1.807, 2.05) is 24.3 Å². The van der Waals surface area contributed by atoms with Crippen LogP contribution >= 0.6 is 0 Å². The van der Waals surface area contributed by atoms with Crippen LogP contribution in [0, 0.1) is 0 Å². The van der Waals surface area contributed by atoms with E-state index in [-0.39, 0.29) is 11.9 Å². The van der Waals surface area contributed by atoms with Gasteiger partial charge in [-0.25, -0.2) is 0 Å². The average molecular weight is 292 g/mol. The van der Waals surface area contributed by atoms with Gasteiger partial charge in [0.25, 0.3) is 5.91 Å². The van der Waals surface area contributed by atoms with Crippen LogP contribution in [0.2, 0.25) is 0 Å². The van der Waals surface area contributed by atoms with Crippen LogP contribution in [0.5, 0.6) is 5.75 Å². The summed E-state index contributed by atoms with van der Waals surface area (Å²) >= 11 is 0. The molecule has 2 N–H and O–H groups in total. The molecule has 1 fully saturated rings. The van der Waals surface area contributed by atoms with Gasteiger partial charge in [-0.15, -0.1) is 0 Å². The largest absolute Gasteiger partial charge is 0.494 e. The van der Waals surface area contributed by atoms with Gasteiger partial charge in [0.15, 0.2) is 0 Å². The zero-order chi connectivity index (χ0) is 14.9. The standard InChI is InChI=1S/C16H24N2O3/c1-20-11-2-12-21-15-5-3-13(4-6-15)16(19)18-14-7-9-17-10-8-14/h3-6,14,17H,2,7-12H2,1H3,(H,18,19). The molecule has 1 aliphatic heterocycles. The van der Waals surface area contributed by atoms with E-state index in [1.165, 1.54) is 0 Å². The highest BCUT2D eigenvalue weighted by Crippen LogP contribution is 2.13. The molecule has 1 heterocycles. The van der Waals surface area contributed by atoms with E-state index < -0.39 is 0 Å². The molecule has 0 spiro atoms. The van der Waals surface area contributed by atoms with Crippen molar-refractivity contribution in [1.29, 1.82) is 0 Å². The van der Waals surface area contributed by atoms with Crippen LogP contribution in [0.25, 0.3) is 0 Å². The summed E-state index contributed by atoms with van der Waals surface area (Å²) in [6, 6.07) is 7.57. The lowest BCUT2D eigenvalue weighted by molar-refractivity contribution is 0.0929. The number of piperidine rings is 1. The van der Waals surface area contributed by atoms with Crippen molar-refractivity contribution in [3.8, 4) is 5.75 Å². The Labute approximate surface area is 126 Å². The average Bonchev–Trinajstić information content (AvgIpc) is 2.53. The van der Waals surface area contributed by atoms with Gasteiger partial charge in [0.1, 0.15) is 5.75 Å². The maximum Gasteiger partial charge on any atom is 0.251 e. The fourth-order valence-corrected chi connectivity index (χ4v) is 2.33. The van der Waals surface area contributed by atoms with Crippen LogP contribution in [-0.2, 0) is 4.74 Å². The third kappa shape index (κ3) is 5.36. The second-order valence-electron chi connectivity index (χ2n) is 5.22. The smallest absolute Gasteiger partial charge is 0.251 e. The first-order valence-electron chi connectivity index (χ1n) is 7.53. The molecule has 1 amide bonds. The van der Waals surface area contributed by atoms with E-state index in [2.05, 4.69) is 10.6 Å². The predicted molar refractivity (Wildman–Crippen MR) is 81.8 cm³/mol. The molecule has 2 rings (SSSR count). The molecule has 0 aromatic heterocycles. The number of nitrogens with one attached hydrogen (secondary N) is 2. The van der Waals surface area contributed by atoms with Gasteiger partial charge in [0.05, 0.1) is 6.61 Å². The number of hydrogen-bond acceptors (Lipinski definition) is 4. The number of amides is 1. The van der Waals surface area contributed by atoms with Gasteiger partial charge in [0.2, 0.25) is 0 Å². The van der Waals surface area contributed by atoms with E-state index >= 15 is 0 Å². The van der Waals surface area contributed by atoms with Gasteiger partial charge in [0, 0.05) is 31.7 Å². The van der Waals surface area contributed by atoms with Crippen molar-refractivity contribution in [1.82, 2.24) is 10.6 Å². The maximum atomic E-state index is 12.1. The normalized spacial score (nSPS) is 15.7. The first-order chi connectivity index (χ1) is 10.3. The van der Waals surface area contributed by atoms with Crippen molar-refractivity contribution in [3.63, 3.8) is 0 Å². The molecule has 116 valence electrons. The monoisotopic (exact) mass is 292 g/mol. The van der Waals surface area contributed by atoms with Crippen LogP contribution < -0.4 is 15.4 Å². The van der Waals surface area contributed by atoms with Gasteiger partial charge < -0.3 is 20.1 Å². The number of methoxy groups -OCH3 is 1. The van der Waals surface area contributed by atoms with Crippen molar-refractivity contribution in [2.75, 3.05) is 33.4 Å². The second kappa shape index (κ2) is 8.64. The van der Waals surface area contributed by atoms with Gasteiger partial charge in [-0.2, -0.15) is 0 Å². The number of ether oxygens (including phenoxy) is 2. The first-order valence-corrected chi connectivity index (χ1v) is 7.53. The van der Waals surface area contributed by atoms with Gasteiger partial charge in [-0.3, -0.25) is 4.79 Å². The quantitative estimate of drug-likeness (QED) is 0.749. The lowest BCUT2D eigenvalue weighted by Gasteiger charge is -2.23. The second-order valence-corrected chi connectivity index (χ2v) is 5.22. The van der Waals surface area contributed by atoms with E-state index in [9.17, 15) is 4.79 Å². The van der Waals surface area contributed by atoms with Crippen molar-refractivity contribution >= 4 is 5.91 Å². The molecule has 0 bridgehead atoms. The fraction of sp³-hybridized carbons (Fsp3) is 0.562. The highest BCUT2D eigenvalue weighted by Gasteiger charge is 2.16. The molecule has 0 aliphatic carbocycles. The minimum Gasteiger partial charge on any atom is -0.494 e. The van der Waals surface area contributed by atoms with E-state index in [1.54, 1.807) is 7.11 Å². The Kier molecular flexibility index (Phi) is 6.50. The Hall–Kier alpha value is -1.59. The topological polar surface area (TPSA) is 59.6 Å². The summed E-state index contributed by atoms with van der Waals surface area (Å²) in [5.74, 6) is 0.775. The SMILES string of the molecule is COCCCOc1ccc(C(=O)NC2CCNCC2)cc1. The van der Waals surface area contributed by atoms with Gasteiger partial charge in [-0.1, -0.05) is 0 Å².